The highest BCUT2D eigenvalue weighted by molar-refractivity contribution is 6.28. The first-order valence-corrected chi connectivity index (χ1v) is 6.04. The standard InChI is InChI=1S/C12H6ClF2N5O/c13-12-16-3-5(4-17-12)18-11(21)10-19-8-1-6(14)7(15)2-9(8)20-10/h1-4H,(H,18,21)(H,19,20). The second-order valence-electron chi connectivity index (χ2n) is 4.06. The van der Waals surface area contributed by atoms with E-state index >= 15 is 0 Å². The molecule has 1 amide bonds. The summed E-state index contributed by atoms with van der Waals surface area (Å²) in [6.07, 6.45) is 2.63. The first-order chi connectivity index (χ1) is 10.0. The summed E-state index contributed by atoms with van der Waals surface area (Å²) in [6, 6.07) is 1.84. The molecule has 0 aliphatic rings. The van der Waals surface area contributed by atoms with E-state index in [1.807, 2.05) is 0 Å². The van der Waals surface area contributed by atoms with Gasteiger partial charge in [-0.15, -0.1) is 0 Å². The molecule has 6 nitrogen and oxygen atoms in total. The number of carbonyl (C=O) groups is 1. The Morgan fingerprint density at radius 3 is 2.57 bits per heavy atom. The van der Waals surface area contributed by atoms with Crippen LogP contribution in [0.25, 0.3) is 11.0 Å². The smallest absolute Gasteiger partial charge is 0.291 e. The number of aromatic nitrogens is 4. The topological polar surface area (TPSA) is 83.6 Å². The molecule has 106 valence electrons. The fraction of sp³-hybridized carbons (Fsp3) is 0. The number of aromatic amines is 1. The monoisotopic (exact) mass is 309 g/mol. The second-order valence-corrected chi connectivity index (χ2v) is 4.40. The minimum atomic E-state index is -1.04. The van der Waals surface area contributed by atoms with Crippen LogP contribution in [0.1, 0.15) is 10.6 Å². The lowest BCUT2D eigenvalue weighted by atomic mass is 10.3. The molecule has 3 aromatic rings. The van der Waals surface area contributed by atoms with Crippen molar-refractivity contribution < 1.29 is 13.6 Å². The number of imidazole rings is 1. The molecule has 2 N–H and O–H groups in total. The van der Waals surface area contributed by atoms with Gasteiger partial charge in [0, 0.05) is 12.1 Å². The van der Waals surface area contributed by atoms with Crippen molar-refractivity contribution >= 4 is 34.2 Å². The third-order valence-corrected chi connectivity index (χ3v) is 2.81. The molecule has 21 heavy (non-hydrogen) atoms. The molecule has 2 heterocycles. The summed E-state index contributed by atoms with van der Waals surface area (Å²) in [4.78, 5) is 25.8. The van der Waals surface area contributed by atoms with Crippen LogP contribution >= 0.6 is 11.6 Å². The van der Waals surface area contributed by atoms with Crippen LogP contribution in [0.15, 0.2) is 24.5 Å². The molecular formula is C12H6ClF2N5O. The normalized spacial score (nSPS) is 10.8. The van der Waals surface area contributed by atoms with E-state index in [4.69, 9.17) is 11.6 Å². The van der Waals surface area contributed by atoms with Gasteiger partial charge in [0.1, 0.15) is 0 Å². The molecule has 0 aliphatic heterocycles. The first-order valence-electron chi connectivity index (χ1n) is 5.66. The number of H-pyrrole nitrogens is 1. The quantitative estimate of drug-likeness (QED) is 0.713. The lowest BCUT2D eigenvalue weighted by Crippen LogP contribution is -2.13. The van der Waals surface area contributed by atoms with Crippen molar-refractivity contribution in [1.82, 2.24) is 19.9 Å². The van der Waals surface area contributed by atoms with Crippen molar-refractivity contribution in [2.75, 3.05) is 5.32 Å². The molecule has 0 bridgehead atoms. The summed E-state index contributed by atoms with van der Waals surface area (Å²) in [5.41, 5.74) is 0.667. The number of anilines is 1. The van der Waals surface area contributed by atoms with Crippen molar-refractivity contribution in [3.8, 4) is 0 Å². The molecule has 0 unspecified atom stereocenters. The third kappa shape index (κ3) is 2.65. The zero-order chi connectivity index (χ0) is 15.0. The summed E-state index contributed by atoms with van der Waals surface area (Å²) >= 11 is 5.52. The largest absolute Gasteiger partial charge is 0.334 e. The van der Waals surface area contributed by atoms with Crippen molar-refractivity contribution in [3.63, 3.8) is 0 Å². The Morgan fingerprint density at radius 2 is 1.86 bits per heavy atom. The van der Waals surface area contributed by atoms with Crippen LogP contribution in [0.5, 0.6) is 0 Å². The molecule has 3 rings (SSSR count). The van der Waals surface area contributed by atoms with Crippen LogP contribution < -0.4 is 5.32 Å². The highest BCUT2D eigenvalue weighted by Gasteiger charge is 2.14. The van der Waals surface area contributed by atoms with Gasteiger partial charge in [0.15, 0.2) is 17.5 Å². The van der Waals surface area contributed by atoms with Crippen molar-refractivity contribution in [2.24, 2.45) is 0 Å². The van der Waals surface area contributed by atoms with Gasteiger partial charge in [-0.1, -0.05) is 0 Å². The number of benzene rings is 1. The summed E-state index contributed by atoms with van der Waals surface area (Å²) in [6.45, 7) is 0. The Labute approximate surface area is 121 Å². The zero-order valence-electron chi connectivity index (χ0n) is 10.2. The van der Waals surface area contributed by atoms with Crippen molar-refractivity contribution in [3.05, 3.63) is 47.3 Å². The summed E-state index contributed by atoms with van der Waals surface area (Å²) in [5, 5.41) is 2.52. The molecule has 0 saturated carbocycles. The van der Waals surface area contributed by atoms with Crippen molar-refractivity contribution in [2.45, 2.75) is 0 Å². The minimum Gasteiger partial charge on any atom is -0.334 e. The Balaban J connectivity index is 1.89. The van der Waals surface area contributed by atoms with Gasteiger partial charge in [0.05, 0.1) is 29.1 Å². The SMILES string of the molecule is O=C(Nc1cnc(Cl)nc1)c1nc2cc(F)c(F)cc2[nH]1. The van der Waals surface area contributed by atoms with E-state index in [1.165, 1.54) is 12.4 Å². The molecular weight excluding hydrogens is 304 g/mol. The second kappa shape index (κ2) is 5.06. The van der Waals surface area contributed by atoms with E-state index in [1.54, 1.807) is 0 Å². The predicted octanol–water partition coefficient (Wildman–Crippen LogP) is 2.54. The molecule has 0 saturated heterocycles. The Morgan fingerprint density at radius 1 is 1.19 bits per heavy atom. The number of carbonyl (C=O) groups excluding carboxylic acids is 1. The van der Waals surface area contributed by atoms with Crippen LogP contribution in [-0.2, 0) is 0 Å². The van der Waals surface area contributed by atoms with E-state index in [0.717, 1.165) is 12.1 Å². The molecule has 9 heteroatoms. The number of rotatable bonds is 2. The van der Waals surface area contributed by atoms with E-state index < -0.39 is 17.5 Å². The Hall–Kier alpha value is -2.61. The van der Waals surface area contributed by atoms with Crippen LogP contribution in [0.4, 0.5) is 14.5 Å². The van der Waals surface area contributed by atoms with Gasteiger partial charge in [-0.2, -0.15) is 0 Å². The van der Waals surface area contributed by atoms with E-state index in [-0.39, 0.29) is 22.1 Å². The van der Waals surface area contributed by atoms with Gasteiger partial charge < -0.3 is 10.3 Å². The highest BCUT2D eigenvalue weighted by atomic mass is 35.5. The van der Waals surface area contributed by atoms with E-state index in [9.17, 15) is 13.6 Å². The Bertz CT molecular complexity index is 795. The van der Waals surface area contributed by atoms with Gasteiger partial charge >= 0.3 is 0 Å². The Kier molecular flexibility index (Phi) is 3.22. The molecule has 2 aromatic heterocycles. The van der Waals surface area contributed by atoms with E-state index in [2.05, 4.69) is 25.3 Å². The first kappa shape index (κ1) is 13.4. The van der Waals surface area contributed by atoms with Gasteiger partial charge in [0.25, 0.3) is 5.91 Å². The van der Waals surface area contributed by atoms with Crippen molar-refractivity contribution in [1.29, 1.82) is 0 Å². The van der Waals surface area contributed by atoms with Crippen LogP contribution in [-0.4, -0.2) is 25.8 Å². The minimum absolute atomic E-state index is 0.0442. The number of nitrogens with one attached hydrogen (secondary N) is 2. The molecule has 0 aliphatic carbocycles. The van der Waals surface area contributed by atoms with E-state index in [0.29, 0.717) is 5.69 Å². The number of amides is 1. The lowest BCUT2D eigenvalue weighted by Gasteiger charge is -2.01. The summed E-state index contributed by atoms with van der Waals surface area (Å²) < 4.78 is 26.2. The van der Waals surface area contributed by atoms with Gasteiger partial charge in [-0.05, 0) is 11.6 Å². The van der Waals surface area contributed by atoms with Gasteiger partial charge in [0.2, 0.25) is 5.28 Å². The van der Waals surface area contributed by atoms with Crippen LogP contribution in [0.2, 0.25) is 5.28 Å². The average molecular weight is 310 g/mol. The highest BCUT2D eigenvalue weighted by Crippen LogP contribution is 2.17. The molecule has 0 fully saturated rings. The predicted molar refractivity (Wildman–Crippen MR) is 71.0 cm³/mol. The average Bonchev–Trinajstić information content (AvgIpc) is 2.85. The van der Waals surface area contributed by atoms with Crippen LogP contribution in [0.3, 0.4) is 0 Å². The maximum Gasteiger partial charge on any atom is 0.291 e. The number of hydrogen-bond acceptors (Lipinski definition) is 4. The number of halogens is 3. The van der Waals surface area contributed by atoms with Gasteiger partial charge in [-0.25, -0.2) is 23.7 Å². The molecule has 1 aromatic carbocycles. The van der Waals surface area contributed by atoms with Gasteiger partial charge in [-0.3, -0.25) is 4.79 Å². The summed E-state index contributed by atoms with van der Waals surface area (Å²) in [7, 11) is 0. The summed E-state index contributed by atoms with van der Waals surface area (Å²) in [5.74, 6) is -2.75. The number of nitrogens with zero attached hydrogens (tertiary/aromatic N) is 3. The fourth-order valence-electron chi connectivity index (χ4n) is 1.68. The lowest BCUT2D eigenvalue weighted by molar-refractivity contribution is 0.101. The maximum atomic E-state index is 13.1. The molecule has 0 atom stereocenters. The fourth-order valence-corrected chi connectivity index (χ4v) is 1.78. The number of fused-ring (bicyclic) bond motifs is 1. The van der Waals surface area contributed by atoms with Crippen LogP contribution in [0, 0.1) is 11.6 Å². The zero-order valence-corrected chi connectivity index (χ0v) is 10.9. The molecule has 0 radical (unpaired) electrons. The maximum absolute atomic E-state index is 13.1. The molecule has 0 spiro atoms. The number of hydrogen-bond donors (Lipinski definition) is 2. The third-order valence-electron chi connectivity index (χ3n) is 2.62.